The summed E-state index contributed by atoms with van der Waals surface area (Å²) in [6.45, 7) is 6.43. The highest BCUT2D eigenvalue weighted by atomic mass is 35.5. The lowest BCUT2D eigenvalue weighted by atomic mass is 9.70. The maximum absolute atomic E-state index is 14.4. The maximum atomic E-state index is 14.4. The van der Waals surface area contributed by atoms with Crippen LogP contribution in [0.1, 0.15) is 58.8 Å². The van der Waals surface area contributed by atoms with E-state index in [0.29, 0.717) is 5.13 Å². The molecule has 1 aliphatic rings. The van der Waals surface area contributed by atoms with Crippen molar-refractivity contribution in [2.24, 2.45) is 0 Å². The molecule has 1 saturated heterocycles. The van der Waals surface area contributed by atoms with Gasteiger partial charge in [0.2, 0.25) is 11.0 Å². The molecule has 0 aliphatic carbocycles. The minimum Gasteiger partial charge on any atom is -0.460 e. The molecule has 0 spiro atoms. The van der Waals surface area contributed by atoms with Crippen molar-refractivity contribution >= 4 is 51.7 Å². The Labute approximate surface area is 228 Å². The summed E-state index contributed by atoms with van der Waals surface area (Å²) in [6, 6.07) is 9.87. The van der Waals surface area contributed by atoms with Gasteiger partial charge in [0.05, 0.1) is 22.9 Å². The van der Waals surface area contributed by atoms with Crippen molar-refractivity contribution in [2.45, 2.75) is 32.1 Å². The van der Waals surface area contributed by atoms with Crippen molar-refractivity contribution in [3.8, 4) is 0 Å². The molecule has 4 rings (SSSR count). The van der Waals surface area contributed by atoms with Gasteiger partial charge in [-0.1, -0.05) is 49.7 Å². The topological polar surface area (TPSA) is 114 Å². The number of esters is 1. The lowest BCUT2D eigenvalue weighted by molar-refractivity contribution is -0.122. The van der Waals surface area contributed by atoms with Gasteiger partial charge in [0.1, 0.15) is 11.2 Å². The number of benzene rings is 2. The summed E-state index contributed by atoms with van der Waals surface area (Å²) >= 11 is 6.95. The Morgan fingerprint density at radius 3 is 2.61 bits per heavy atom. The number of nitrogens with zero attached hydrogens (tertiary/aromatic N) is 3. The molecule has 0 atom stereocenters. The minimum atomic E-state index is -1.05. The molecule has 0 unspecified atom stereocenters. The molecule has 1 aromatic heterocycles. The molecule has 2 heterocycles. The first-order chi connectivity index (χ1) is 18.1. The van der Waals surface area contributed by atoms with Crippen LogP contribution >= 0.6 is 23.1 Å². The molecule has 3 aromatic rings. The van der Waals surface area contributed by atoms with Crippen molar-refractivity contribution in [1.82, 2.24) is 14.7 Å². The second-order valence-corrected chi connectivity index (χ2v) is 10.3. The smallest absolute Gasteiger partial charge is 0.377 e. The molecule has 2 aromatic carbocycles. The van der Waals surface area contributed by atoms with Crippen molar-refractivity contribution < 1.29 is 23.5 Å². The average Bonchev–Trinajstić information content (AvgIpc) is 3.35. The van der Waals surface area contributed by atoms with Crippen molar-refractivity contribution in [3.63, 3.8) is 0 Å². The zero-order valence-corrected chi connectivity index (χ0v) is 22.9. The molecule has 0 saturated carbocycles. The number of halogens is 2. The van der Waals surface area contributed by atoms with Gasteiger partial charge in [-0.15, -0.1) is 0 Å². The number of aromatic nitrogens is 2. The molecule has 200 valence electrons. The van der Waals surface area contributed by atoms with Gasteiger partial charge in [0.15, 0.2) is 0 Å². The largest absolute Gasteiger partial charge is 0.460 e. The Bertz CT molecular complexity index is 1390. The van der Waals surface area contributed by atoms with Crippen LogP contribution in [0.4, 0.5) is 15.2 Å². The summed E-state index contributed by atoms with van der Waals surface area (Å²) in [6.07, 6.45) is 0. The van der Waals surface area contributed by atoms with Gasteiger partial charge in [0.25, 0.3) is 11.7 Å². The molecular weight excluding hydrogens is 533 g/mol. The predicted octanol–water partition coefficient (Wildman–Crippen LogP) is 4.39. The summed E-state index contributed by atoms with van der Waals surface area (Å²) < 4.78 is 23.5. The first-order valence-electron chi connectivity index (χ1n) is 12.0. The average molecular weight is 560 g/mol. The van der Waals surface area contributed by atoms with Gasteiger partial charge in [-0.25, -0.2) is 9.18 Å². The quantitative estimate of drug-likeness (QED) is 0.394. The number of hydrogen-bond donors (Lipinski definition) is 2. The number of ether oxygens (including phenoxy) is 1. The Hall–Kier alpha value is -3.57. The Kier molecular flexibility index (Phi) is 7.98. The maximum Gasteiger partial charge on any atom is 0.377 e. The summed E-state index contributed by atoms with van der Waals surface area (Å²) in [5.41, 5.74) is 0.804. The number of anilines is 2. The normalized spacial score (nSPS) is 14.1. The summed E-state index contributed by atoms with van der Waals surface area (Å²) in [5.74, 6) is -2.23. The third kappa shape index (κ3) is 5.08. The molecule has 0 radical (unpaired) electrons. The standard InChI is InChI=1S/C26H27ClFN5O4S/c1-5-37-23(35)21-31-25(38-32-21)33-12-26(13-33,17-9-7-6-8-15(17)14(2)3)24(36)30-20-11-19(28)18(27)10-16(20)22(34)29-4/h6-11,14H,5,12-13H2,1-4H3,(H,29,34)(H,30,36). The number of nitrogens with one attached hydrogen (secondary N) is 2. The van der Waals surface area contributed by atoms with E-state index in [-0.39, 0.29) is 47.7 Å². The molecule has 1 fully saturated rings. The molecule has 0 bridgehead atoms. The number of rotatable bonds is 8. The van der Waals surface area contributed by atoms with E-state index in [1.807, 2.05) is 43.0 Å². The van der Waals surface area contributed by atoms with Gasteiger partial charge in [-0.2, -0.15) is 9.36 Å². The van der Waals surface area contributed by atoms with E-state index in [1.165, 1.54) is 13.1 Å². The van der Waals surface area contributed by atoms with E-state index in [0.717, 1.165) is 28.7 Å². The van der Waals surface area contributed by atoms with E-state index in [4.69, 9.17) is 16.3 Å². The summed E-state index contributed by atoms with van der Waals surface area (Å²) in [5, 5.41) is 5.51. The number of amides is 2. The van der Waals surface area contributed by atoms with Crippen LogP contribution in [0.5, 0.6) is 0 Å². The lowest BCUT2D eigenvalue weighted by Crippen LogP contribution is -2.65. The number of carbonyl (C=O) groups is 3. The van der Waals surface area contributed by atoms with Crippen LogP contribution in [-0.4, -0.2) is 53.9 Å². The van der Waals surface area contributed by atoms with Gasteiger partial charge in [-0.05, 0) is 36.1 Å². The van der Waals surface area contributed by atoms with Crippen molar-refractivity contribution in [1.29, 1.82) is 0 Å². The Morgan fingerprint density at radius 1 is 1.24 bits per heavy atom. The molecule has 38 heavy (non-hydrogen) atoms. The molecule has 1 aliphatic heterocycles. The van der Waals surface area contributed by atoms with E-state index in [2.05, 4.69) is 20.0 Å². The molecule has 9 nitrogen and oxygen atoms in total. The third-order valence-electron chi connectivity index (χ3n) is 6.38. The Balaban J connectivity index is 1.71. The second kappa shape index (κ2) is 11.0. The zero-order chi connectivity index (χ0) is 27.6. The highest BCUT2D eigenvalue weighted by Crippen LogP contribution is 2.42. The van der Waals surface area contributed by atoms with Crippen LogP contribution in [0.15, 0.2) is 36.4 Å². The molecule has 2 N–H and O–H groups in total. The monoisotopic (exact) mass is 559 g/mol. The molecule has 2 amide bonds. The predicted molar refractivity (Wildman–Crippen MR) is 144 cm³/mol. The Morgan fingerprint density at radius 2 is 1.95 bits per heavy atom. The van der Waals surface area contributed by atoms with Crippen LogP contribution in [0.25, 0.3) is 0 Å². The third-order valence-corrected chi connectivity index (χ3v) is 7.45. The van der Waals surface area contributed by atoms with Crippen LogP contribution in [0.3, 0.4) is 0 Å². The fraction of sp³-hybridized carbons (Fsp3) is 0.346. The van der Waals surface area contributed by atoms with E-state index >= 15 is 0 Å². The van der Waals surface area contributed by atoms with Gasteiger partial charge in [-0.3, -0.25) is 9.59 Å². The molecular formula is C26H27ClFN5O4S. The number of hydrogen-bond acceptors (Lipinski definition) is 8. The minimum absolute atomic E-state index is 0.0108. The van der Waals surface area contributed by atoms with Crippen molar-refractivity contribution in [2.75, 3.05) is 37.0 Å². The SMILES string of the molecule is CCOC(=O)c1nsc(N2CC(C(=O)Nc3cc(F)c(Cl)cc3C(=O)NC)(c3ccccc3C(C)C)C2)n1. The summed E-state index contributed by atoms with van der Waals surface area (Å²) in [7, 11) is 1.43. The zero-order valence-electron chi connectivity index (χ0n) is 21.3. The van der Waals surface area contributed by atoms with Crippen LogP contribution in [-0.2, 0) is 14.9 Å². The molecule has 12 heteroatoms. The van der Waals surface area contributed by atoms with Crippen LogP contribution in [0, 0.1) is 5.82 Å². The number of carbonyl (C=O) groups excluding carboxylic acids is 3. The summed E-state index contributed by atoms with van der Waals surface area (Å²) in [4.78, 5) is 44.6. The van der Waals surface area contributed by atoms with E-state index < -0.39 is 29.0 Å². The first-order valence-corrected chi connectivity index (χ1v) is 13.1. The highest BCUT2D eigenvalue weighted by Gasteiger charge is 2.53. The van der Waals surface area contributed by atoms with Gasteiger partial charge in [0, 0.05) is 31.7 Å². The fourth-order valence-electron chi connectivity index (χ4n) is 4.45. The van der Waals surface area contributed by atoms with E-state index in [1.54, 1.807) is 6.92 Å². The lowest BCUT2D eigenvalue weighted by Gasteiger charge is -2.49. The highest BCUT2D eigenvalue weighted by molar-refractivity contribution is 7.09. The first kappa shape index (κ1) is 27.5. The van der Waals surface area contributed by atoms with Crippen LogP contribution in [0.2, 0.25) is 5.02 Å². The van der Waals surface area contributed by atoms with Gasteiger partial charge < -0.3 is 20.3 Å². The van der Waals surface area contributed by atoms with Crippen LogP contribution < -0.4 is 15.5 Å². The van der Waals surface area contributed by atoms with E-state index in [9.17, 15) is 18.8 Å². The second-order valence-electron chi connectivity index (χ2n) is 9.15. The van der Waals surface area contributed by atoms with Crippen molar-refractivity contribution in [3.05, 3.63) is 69.8 Å². The fourth-order valence-corrected chi connectivity index (χ4v) is 5.27. The van der Waals surface area contributed by atoms with Gasteiger partial charge >= 0.3 is 5.97 Å².